The first-order valence-electron chi connectivity index (χ1n) is 5.21. The Labute approximate surface area is 107 Å². The number of hydrogen-bond acceptors (Lipinski definition) is 3. The minimum atomic E-state index is -0.891. The molecule has 2 rings (SSSR count). The van der Waals surface area contributed by atoms with Crippen molar-refractivity contribution in [3.63, 3.8) is 0 Å². The molecule has 1 amide bonds. The van der Waals surface area contributed by atoms with Gasteiger partial charge >= 0.3 is 5.97 Å². The normalized spacial score (nSPS) is 22.2. The van der Waals surface area contributed by atoms with Crippen LogP contribution in [0.2, 0.25) is 0 Å². The Kier molecular flexibility index (Phi) is 3.24. The molecule has 0 aliphatic heterocycles. The predicted molar refractivity (Wildman–Crippen MR) is 62.1 cm³/mol. The summed E-state index contributed by atoms with van der Waals surface area (Å²) < 4.78 is 5.90. The van der Waals surface area contributed by atoms with Crippen LogP contribution in [-0.4, -0.2) is 28.9 Å². The minimum absolute atomic E-state index is 0.134. The lowest BCUT2D eigenvalue weighted by molar-refractivity contribution is -0.141. The Hall–Kier alpha value is -1.30. The van der Waals surface area contributed by atoms with Crippen LogP contribution in [0.3, 0.4) is 0 Å². The van der Waals surface area contributed by atoms with Gasteiger partial charge in [-0.25, -0.2) is 0 Å². The topological polar surface area (TPSA) is 70.8 Å². The van der Waals surface area contributed by atoms with Crippen LogP contribution >= 0.6 is 15.9 Å². The average molecular weight is 302 g/mol. The largest absolute Gasteiger partial charge is 0.481 e. The molecule has 0 saturated heterocycles. The number of furan rings is 1. The van der Waals surface area contributed by atoms with E-state index in [2.05, 4.69) is 15.9 Å². The second-order valence-corrected chi connectivity index (χ2v) is 4.97. The summed E-state index contributed by atoms with van der Waals surface area (Å²) in [5.41, 5.74) is 0. The summed E-state index contributed by atoms with van der Waals surface area (Å²) in [6.45, 7) is 0.354. The van der Waals surface area contributed by atoms with Crippen molar-refractivity contribution in [1.29, 1.82) is 0 Å². The molecule has 1 fully saturated rings. The van der Waals surface area contributed by atoms with Crippen molar-refractivity contribution in [1.82, 2.24) is 4.90 Å². The molecule has 1 aliphatic rings. The van der Waals surface area contributed by atoms with Crippen LogP contribution < -0.4 is 0 Å². The zero-order valence-corrected chi connectivity index (χ0v) is 10.8. The zero-order chi connectivity index (χ0) is 12.6. The van der Waals surface area contributed by atoms with Crippen LogP contribution in [0.15, 0.2) is 21.2 Å². The van der Waals surface area contributed by atoms with E-state index in [1.807, 2.05) is 0 Å². The Morgan fingerprint density at radius 1 is 1.53 bits per heavy atom. The molecule has 1 aliphatic carbocycles. The van der Waals surface area contributed by atoms with Crippen molar-refractivity contribution < 1.29 is 19.1 Å². The highest BCUT2D eigenvalue weighted by Gasteiger charge is 2.49. The molecule has 1 N–H and O–H groups in total. The molecule has 1 saturated carbocycles. The van der Waals surface area contributed by atoms with Gasteiger partial charge in [0.25, 0.3) is 0 Å². The van der Waals surface area contributed by atoms with Gasteiger partial charge in [-0.3, -0.25) is 9.59 Å². The quantitative estimate of drug-likeness (QED) is 0.919. The smallest absolute Gasteiger partial charge is 0.307 e. The highest BCUT2D eigenvalue weighted by Crippen LogP contribution is 2.40. The summed E-state index contributed by atoms with van der Waals surface area (Å²) in [5, 5.41) is 8.75. The SMILES string of the molecule is CN(Cc1ccc(Br)o1)C(=O)C1CC1C(=O)O. The second kappa shape index (κ2) is 4.52. The van der Waals surface area contributed by atoms with E-state index in [1.54, 1.807) is 19.2 Å². The van der Waals surface area contributed by atoms with E-state index in [1.165, 1.54) is 4.90 Å². The lowest BCUT2D eigenvalue weighted by atomic mass is 10.3. The number of carbonyl (C=O) groups is 2. The number of rotatable bonds is 4. The van der Waals surface area contributed by atoms with E-state index in [4.69, 9.17) is 9.52 Å². The summed E-state index contributed by atoms with van der Waals surface area (Å²) in [7, 11) is 1.65. The molecule has 0 bridgehead atoms. The number of amides is 1. The summed E-state index contributed by atoms with van der Waals surface area (Å²) in [5.74, 6) is -1.23. The Bertz CT molecular complexity index is 456. The van der Waals surface area contributed by atoms with Crippen molar-refractivity contribution in [3.05, 3.63) is 22.6 Å². The molecule has 0 aromatic carbocycles. The van der Waals surface area contributed by atoms with Gasteiger partial charge in [-0.1, -0.05) is 0 Å². The zero-order valence-electron chi connectivity index (χ0n) is 9.22. The molecule has 2 unspecified atom stereocenters. The molecule has 1 aromatic heterocycles. The van der Waals surface area contributed by atoms with Gasteiger partial charge in [0.15, 0.2) is 4.67 Å². The van der Waals surface area contributed by atoms with Gasteiger partial charge in [0, 0.05) is 7.05 Å². The van der Waals surface area contributed by atoms with Crippen LogP contribution in [0.25, 0.3) is 0 Å². The molecule has 2 atom stereocenters. The molecule has 0 spiro atoms. The molecule has 1 aromatic rings. The van der Waals surface area contributed by atoms with E-state index >= 15 is 0 Å². The summed E-state index contributed by atoms with van der Waals surface area (Å²) >= 11 is 3.18. The summed E-state index contributed by atoms with van der Waals surface area (Å²) in [6, 6.07) is 3.53. The van der Waals surface area contributed by atoms with E-state index in [9.17, 15) is 9.59 Å². The fourth-order valence-electron chi connectivity index (χ4n) is 1.77. The van der Waals surface area contributed by atoms with E-state index < -0.39 is 11.9 Å². The fourth-order valence-corrected chi connectivity index (χ4v) is 2.11. The molecule has 0 radical (unpaired) electrons. The first-order chi connectivity index (χ1) is 7.99. The van der Waals surface area contributed by atoms with Gasteiger partial charge in [-0.05, 0) is 34.5 Å². The molecule has 17 heavy (non-hydrogen) atoms. The van der Waals surface area contributed by atoms with Crippen LogP contribution in [0.1, 0.15) is 12.2 Å². The Morgan fingerprint density at radius 2 is 2.24 bits per heavy atom. The highest BCUT2D eigenvalue weighted by molar-refractivity contribution is 9.10. The third-order valence-electron chi connectivity index (χ3n) is 2.82. The van der Waals surface area contributed by atoms with E-state index in [-0.39, 0.29) is 11.8 Å². The van der Waals surface area contributed by atoms with Gasteiger partial charge in [-0.2, -0.15) is 0 Å². The van der Waals surface area contributed by atoms with Crippen LogP contribution in [0.4, 0.5) is 0 Å². The first-order valence-corrected chi connectivity index (χ1v) is 6.00. The minimum Gasteiger partial charge on any atom is -0.481 e. The fraction of sp³-hybridized carbons (Fsp3) is 0.455. The van der Waals surface area contributed by atoms with Crippen LogP contribution in [0, 0.1) is 11.8 Å². The van der Waals surface area contributed by atoms with Gasteiger partial charge < -0.3 is 14.4 Å². The highest BCUT2D eigenvalue weighted by atomic mass is 79.9. The third kappa shape index (κ3) is 2.69. The van der Waals surface area contributed by atoms with Crippen LogP contribution in [0.5, 0.6) is 0 Å². The van der Waals surface area contributed by atoms with Gasteiger partial charge in [0.05, 0.1) is 18.4 Å². The maximum absolute atomic E-state index is 11.8. The number of nitrogens with zero attached hydrogens (tertiary/aromatic N) is 1. The lowest BCUT2D eigenvalue weighted by Gasteiger charge is -2.15. The molecule has 1 heterocycles. The molecule has 6 heteroatoms. The Morgan fingerprint density at radius 3 is 2.71 bits per heavy atom. The lowest BCUT2D eigenvalue weighted by Crippen LogP contribution is -2.28. The second-order valence-electron chi connectivity index (χ2n) is 4.19. The first kappa shape index (κ1) is 12.2. The average Bonchev–Trinajstić information content (AvgIpc) is 2.96. The van der Waals surface area contributed by atoms with Crippen molar-refractivity contribution in [3.8, 4) is 0 Å². The number of carbonyl (C=O) groups excluding carboxylic acids is 1. The molecular weight excluding hydrogens is 290 g/mol. The maximum Gasteiger partial charge on any atom is 0.307 e. The summed E-state index contributed by atoms with van der Waals surface area (Å²) in [4.78, 5) is 24.0. The number of hydrogen-bond donors (Lipinski definition) is 1. The molecule has 5 nitrogen and oxygen atoms in total. The van der Waals surface area contributed by atoms with Crippen molar-refractivity contribution in [2.45, 2.75) is 13.0 Å². The van der Waals surface area contributed by atoms with Gasteiger partial charge in [0.1, 0.15) is 5.76 Å². The van der Waals surface area contributed by atoms with E-state index in [0.29, 0.717) is 23.4 Å². The monoisotopic (exact) mass is 301 g/mol. The standard InChI is InChI=1S/C11H12BrNO4/c1-13(5-6-2-3-9(12)17-6)10(14)7-4-8(7)11(15)16/h2-3,7-8H,4-5H2,1H3,(H,15,16). The number of carboxylic acid groups (broad SMARTS) is 1. The predicted octanol–water partition coefficient (Wildman–Crippen LogP) is 1.72. The van der Waals surface area contributed by atoms with Crippen molar-refractivity contribution in [2.75, 3.05) is 7.05 Å². The van der Waals surface area contributed by atoms with Gasteiger partial charge in [-0.15, -0.1) is 0 Å². The van der Waals surface area contributed by atoms with Crippen molar-refractivity contribution >= 4 is 27.8 Å². The van der Waals surface area contributed by atoms with Crippen molar-refractivity contribution in [2.24, 2.45) is 11.8 Å². The number of carboxylic acids is 1. The van der Waals surface area contributed by atoms with Gasteiger partial charge in [0.2, 0.25) is 5.91 Å². The molecule has 92 valence electrons. The number of halogens is 1. The van der Waals surface area contributed by atoms with Crippen LogP contribution in [-0.2, 0) is 16.1 Å². The molecular formula is C11H12BrNO4. The Balaban J connectivity index is 1.91. The maximum atomic E-state index is 11.8. The summed E-state index contributed by atoms with van der Waals surface area (Å²) in [6.07, 6.45) is 0.445. The third-order valence-corrected chi connectivity index (χ3v) is 3.25. The number of aliphatic carboxylic acids is 1. The van der Waals surface area contributed by atoms with E-state index in [0.717, 1.165) is 0 Å².